The van der Waals surface area contributed by atoms with Crippen LogP contribution in [0.25, 0.3) is 12.2 Å². The Morgan fingerprint density at radius 1 is 0.559 bits per heavy atom. The first-order valence-electron chi connectivity index (χ1n) is 11.0. The van der Waals surface area contributed by atoms with E-state index in [4.69, 9.17) is 0 Å². The van der Waals surface area contributed by atoms with E-state index in [1.54, 1.807) is 0 Å². The Labute approximate surface area is 236 Å². The Balaban J connectivity index is 0.000000283. The summed E-state index contributed by atoms with van der Waals surface area (Å²) in [5, 5.41) is 0. The number of allylic oxidation sites excluding steroid dienone is 2. The molecule has 0 radical (unpaired) electrons. The number of fused-ring (bicyclic) bond motifs is 2. The molecule has 0 fully saturated rings. The zero-order chi connectivity index (χ0) is 21.5. The van der Waals surface area contributed by atoms with Crippen molar-refractivity contribution in [3.05, 3.63) is 149 Å². The van der Waals surface area contributed by atoms with Gasteiger partial charge in [0.2, 0.25) is 0 Å². The van der Waals surface area contributed by atoms with Crippen LogP contribution >= 0.6 is 0 Å². The quantitative estimate of drug-likeness (QED) is 0.329. The minimum absolute atomic E-state index is 0. The number of benzene rings is 2. The van der Waals surface area contributed by atoms with Crippen molar-refractivity contribution < 1.29 is 51.0 Å². The molecule has 0 saturated carbocycles. The zero-order valence-corrected chi connectivity index (χ0v) is 23.5. The first kappa shape index (κ1) is 30.1. The van der Waals surface area contributed by atoms with Gasteiger partial charge in [-0.05, 0) is 34.1 Å². The van der Waals surface area contributed by atoms with Gasteiger partial charge in [-0.15, -0.1) is 11.1 Å². The summed E-state index contributed by atoms with van der Waals surface area (Å²) in [5.74, 6) is 0.947. The SMILES string of the molecule is C1=CC([c-]2cccc2)c2ccccc21.C1=CC([c-]2cccc2)c2ccccc21.C[CH-]C.[Cl-].[Cl-].[Zr+2]. The van der Waals surface area contributed by atoms with Crippen molar-refractivity contribution in [2.45, 2.75) is 25.7 Å². The van der Waals surface area contributed by atoms with Gasteiger partial charge in [0, 0.05) is 0 Å². The normalized spacial score (nSPS) is 15.7. The summed E-state index contributed by atoms with van der Waals surface area (Å²) < 4.78 is 0. The van der Waals surface area contributed by atoms with E-state index < -0.39 is 0 Å². The first-order chi connectivity index (χ1) is 15.3. The topological polar surface area (TPSA) is 0 Å². The molecule has 0 nitrogen and oxygen atoms in total. The second-order valence-electron chi connectivity index (χ2n) is 7.95. The molecule has 2 aliphatic rings. The van der Waals surface area contributed by atoms with Crippen molar-refractivity contribution in [3.63, 3.8) is 0 Å². The Morgan fingerprint density at radius 3 is 1.24 bits per heavy atom. The Morgan fingerprint density at radius 2 is 0.882 bits per heavy atom. The van der Waals surface area contributed by atoms with Gasteiger partial charge in [-0.25, -0.2) is 24.3 Å². The molecule has 4 aromatic carbocycles. The van der Waals surface area contributed by atoms with E-state index in [1.807, 2.05) is 20.3 Å². The molecule has 0 heterocycles. The van der Waals surface area contributed by atoms with Crippen LogP contribution in [0.3, 0.4) is 0 Å². The number of hydrogen-bond acceptors (Lipinski definition) is 0. The Kier molecular flexibility index (Phi) is 13.4. The average Bonchev–Trinajstić information content (AvgIpc) is 3.61. The van der Waals surface area contributed by atoms with Crippen molar-refractivity contribution >= 4 is 12.2 Å². The van der Waals surface area contributed by atoms with Crippen molar-refractivity contribution in [1.82, 2.24) is 0 Å². The number of hydrogen-bond donors (Lipinski definition) is 0. The van der Waals surface area contributed by atoms with Crippen LogP contribution in [0.5, 0.6) is 0 Å². The smallest absolute Gasteiger partial charge is 1.00 e. The maximum atomic E-state index is 2.28. The van der Waals surface area contributed by atoms with E-state index >= 15 is 0 Å². The standard InChI is InChI=1S/2C14H11.C3H7.2ClH.Zr/c2*1-2-6-11(5-1)14-10-9-12-7-3-4-8-13(12)14;1-3-2;;;/h2*1-10,14H;3H,1-2H3;2*1H;/q3*-1;;;+2/p-2. The van der Waals surface area contributed by atoms with Crippen LogP contribution in [0, 0.1) is 6.42 Å². The number of rotatable bonds is 2. The van der Waals surface area contributed by atoms with Crippen LogP contribution in [0.1, 0.15) is 59.1 Å². The maximum Gasteiger partial charge on any atom is 2.00 e. The molecule has 174 valence electrons. The molecule has 0 amide bonds. The van der Waals surface area contributed by atoms with Crippen molar-refractivity contribution in [1.29, 1.82) is 0 Å². The van der Waals surface area contributed by atoms with Gasteiger partial charge in [0.25, 0.3) is 0 Å². The molecule has 6 rings (SSSR count). The van der Waals surface area contributed by atoms with Crippen LogP contribution < -0.4 is 24.8 Å². The molecular formula is C31H29Cl2Zr-3. The Hall–Kier alpha value is -1.92. The van der Waals surface area contributed by atoms with Gasteiger partial charge in [-0.1, -0.05) is 72.8 Å². The van der Waals surface area contributed by atoms with Gasteiger partial charge in [0.05, 0.1) is 0 Å². The van der Waals surface area contributed by atoms with Gasteiger partial charge in [-0.2, -0.15) is 38.1 Å². The summed E-state index contributed by atoms with van der Waals surface area (Å²) in [4.78, 5) is 0. The molecule has 0 aliphatic heterocycles. The monoisotopic (exact) mass is 561 g/mol. The Bertz CT molecular complexity index is 1050. The van der Waals surface area contributed by atoms with E-state index in [2.05, 4.69) is 121 Å². The van der Waals surface area contributed by atoms with Crippen molar-refractivity contribution in [3.8, 4) is 0 Å². The van der Waals surface area contributed by atoms with Crippen LogP contribution in [0.15, 0.2) is 109 Å². The van der Waals surface area contributed by atoms with Crippen LogP contribution in [0.2, 0.25) is 0 Å². The molecule has 2 unspecified atom stereocenters. The summed E-state index contributed by atoms with van der Waals surface area (Å²) in [7, 11) is 0. The fourth-order valence-electron chi connectivity index (χ4n) is 4.27. The third-order valence-corrected chi connectivity index (χ3v) is 5.69. The predicted molar refractivity (Wildman–Crippen MR) is 134 cm³/mol. The van der Waals surface area contributed by atoms with E-state index in [-0.39, 0.29) is 51.0 Å². The van der Waals surface area contributed by atoms with Gasteiger partial charge < -0.3 is 31.2 Å². The van der Waals surface area contributed by atoms with E-state index in [0.717, 1.165) is 0 Å². The summed E-state index contributed by atoms with van der Waals surface area (Å²) >= 11 is 0. The zero-order valence-electron chi connectivity index (χ0n) is 19.5. The first-order valence-corrected chi connectivity index (χ1v) is 11.0. The summed E-state index contributed by atoms with van der Waals surface area (Å²) in [6.07, 6.45) is 11.0. The molecule has 0 bridgehead atoms. The van der Waals surface area contributed by atoms with E-state index in [9.17, 15) is 0 Å². The van der Waals surface area contributed by atoms with Gasteiger partial charge in [0.15, 0.2) is 0 Å². The van der Waals surface area contributed by atoms with Crippen LogP contribution in [-0.2, 0) is 26.2 Å². The third-order valence-electron chi connectivity index (χ3n) is 5.69. The second-order valence-corrected chi connectivity index (χ2v) is 7.95. The number of halogens is 2. The predicted octanol–water partition coefficient (Wildman–Crippen LogP) is 2.36. The van der Waals surface area contributed by atoms with Gasteiger partial charge >= 0.3 is 26.2 Å². The minimum atomic E-state index is 0. The second kappa shape index (κ2) is 15.2. The molecule has 0 N–H and O–H groups in total. The molecule has 3 heteroatoms. The molecule has 2 aliphatic carbocycles. The molecule has 2 atom stereocenters. The molecule has 0 saturated heterocycles. The minimum Gasteiger partial charge on any atom is -1.00 e. The molecule has 0 aromatic heterocycles. The van der Waals surface area contributed by atoms with Gasteiger partial charge in [-0.3, -0.25) is 0 Å². The maximum absolute atomic E-state index is 2.28. The summed E-state index contributed by atoms with van der Waals surface area (Å²) in [5.41, 5.74) is 8.37. The largest absolute Gasteiger partial charge is 2.00 e. The summed E-state index contributed by atoms with van der Waals surface area (Å²) in [6, 6.07) is 34.4. The van der Waals surface area contributed by atoms with Crippen molar-refractivity contribution in [2.75, 3.05) is 0 Å². The average molecular weight is 564 g/mol. The van der Waals surface area contributed by atoms with E-state index in [1.165, 1.54) is 33.4 Å². The van der Waals surface area contributed by atoms with Crippen LogP contribution in [-0.4, -0.2) is 0 Å². The van der Waals surface area contributed by atoms with Crippen molar-refractivity contribution in [2.24, 2.45) is 0 Å². The molecular weight excluding hydrogens is 534 g/mol. The fourth-order valence-corrected chi connectivity index (χ4v) is 4.27. The fraction of sp³-hybridized carbons (Fsp3) is 0.129. The third kappa shape index (κ3) is 7.05. The summed E-state index contributed by atoms with van der Waals surface area (Å²) in [6.45, 7) is 4.00. The molecule has 0 spiro atoms. The van der Waals surface area contributed by atoms with E-state index in [0.29, 0.717) is 11.8 Å². The van der Waals surface area contributed by atoms with Crippen LogP contribution in [0.4, 0.5) is 0 Å². The molecule has 34 heavy (non-hydrogen) atoms. The van der Waals surface area contributed by atoms with Gasteiger partial charge in [0.1, 0.15) is 0 Å². The molecule has 4 aromatic rings.